The third-order valence-electron chi connectivity index (χ3n) is 2.27. The molecule has 0 aliphatic carbocycles. The van der Waals surface area contributed by atoms with E-state index in [1.54, 1.807) is 24.3 Å². The van der Waals surface area contributed by atoms with E-state index in [4.69, 9.17) is 0 Å². The summed E-state index contributed by atoms with van der Waals surface area (Å²) in [5.74, 6) is -0.210. The number of rotatable bonds is 5. The molecule has 3 nitrogen and oxygen atoms in total. The van der Waals surface area contributed by atoms with Crippen molar-refractivity contribution in [3.8, 4) is 0 Å². The zero-order chi connectivity index (χ0) is 15.5. The lowest BCUT2D eigenvalue weighted by Crippen LogP contribution is -2.36. The van der Waals surface area contributed by atoms with Gasteiger partial charge >= 0.3 is 0 Å². The van der Waals surface area contributed by atoms with Gasteiger partial charge in [-0.15, -0.1) is 11.6 Å². The van der Waals surface area contributed by atoms with Gasteiger partial charge in [-0.3, -0.25) is 15.6 Å². The molecule has 0 fully saturated rings. The number of hydrazine groups is 1. The molecule has 0 atom stereocenters. The van der Waals surface area contributed by atoms with Crippen molar-refractivity contribution in [2.75, 3.05) is 6.38 Å². The van der Waals surface area contributed by atoms with Gasteiger partial charge in [-0.1, -0.05) is 36.9 Å². The van der Waals surface area contributed by atoms with E-state index >= 15 is 0 Å². The highest BCUT2D eigenvalue weighted by atomic mass is 79.9. The van der Waals surface area contributed by atoms with Gasteiger partial charge in [0.15, 0.2) is 0 Å². The van der Waals surface area contributed by atoms with Crippen LogP contribution in [0.25, 0.3) is 0 Å². The van der Waals surface area contributed by atoms with E-state index in [9.17, 15) is 4.79 Å². The standard InChI is InChI=1S/C14H15BrN2O.CH3Cl/c1-4-12(15)13(5-2)16-17-14(18)11-8-6-10(3)7-9-11;1-2/h4-9,16H,1-2H2,3H3,(H,17,18);1H3/b13-12-;. The summed E-state index contributed by atoms with van der Waals surface area (Å²) in [6.45, 7) is 9.23. The Bertz CT molecular complexity index is 495. The van der Waals surface area contributed by atoms with Crippen LogP contribution in [0.3, 0.4) is 0 Å². The van der Waals surface area contributed by atoms with Gasteiger partial charge in [0.05, 0.1) is 5.70 Å². The van der Waals surface area contributed by atoms with Gasteiger partial charge < -0.3 is 0 Å². The molecule has 0 aliphatic rings. The van der Waals surface area contributed by atoms with Gasteiger partial charge in [0.1, 0.15) is 0 Å². The molecule has 0 saturated heterocycles. The maximum atomic E-state index is 11.8. The number of halogens is 2. The molecule has 0 spiro atoms. The number of nitrogens with one attached hydrogen (secondary N) is 2. The summed E-state index contributed by atoms with van der Waals surface area (Å²) >= 11 is 7.93. The second-order valence-corrected chi connectivity index (χ2v) is 4.47. The third kappa shape index (κ3) is 6.08. The number of amides is 1. The molecule has 0 heterocycles. The topological polar surface area (TPSA) is 41.1 Å². The Kier molecular flexibility index (Phi) is 9.51. The molecule has 1 rings (SSSR count). The van der Waals surface area contributed by atoms with Crippen molar-refractivity contribution in [2.24, 2.45) is 0 Å². The van der Waals surface area contributed by atoms with Gasteiger partial charge in [-0.05, 0) is 41.1 Å². The predicted molar refractivity (Wildman–Crippen MR) is 89.9 cm³/mol. The summed E-state index contributed by atoms with van der Waals surface area (Å²) in [5.41, 5.74) is 7.71. The van der Waals surface area contributed by atoms with Crippen LogP contribution in [0.1, 0.15) is 15.9 Å². The second kappa shape index (κ2) is 10.3. The lowest BCUT2D eigenvalue weighted by atomic mass is 10.1. The summed E-state index contributed by atoms with van der Waals surface area (Å²) in [4.78, 5) is 11.8. The first-order valence-electron chi connectivity index (χ1n) is 5.74. The van der Waals surface area contributed by atoms with Crippen LogP contribution in [0.4, 0.5) is 0 Å². The number of hydrogen-bond acceptors (Lipinski definition) is 2. The molecule has 5 heteroatoms. The highest BCUT2D eigenvalue weighted by molar-refractivity contribution is 9.11. The Balaban J connectivity index is 0.00000172. The van der Waals surface area contributed by atoms with E-state index in [1.165, 1.54) is 6.38 Å². The highest BCUT2D eigenvalue weighted by Gasteiger charge is 2.05. The van der Waals surface area contributed by atoms with Gasteiger partial charge in [-0.2, -0.15) is 0 Å². The van der Waals surface area contributed by atoms with Crippen LogP contribution >= 0.6 is 27.5 Å². The van der Waals surface area contributed by atoms with Crippen LogP contribution < -0.4 is 10.9 Å². The van der Waals surface area contributed by atoms with Crippen molar-refractivity contribution in [3.05, 3.63) is 70.9 Å². The van der Waals surface area contributed by atoms with Crippen molar-refractivity contribution in [2.45, 2.75) is 6.92 Å². The fourth-order valence-corrected chi connectivity index (χ4v) is 1.48. The van der Waals surface area contributed by atoms with E-state index in [0.717, 1.165) is 10.0 Å². The highest BCUT2D eigenvalue weighted by Crippen LogP contribution is 2.11. The minimum Gasteiger partial charge on any atom is -0.297 e. The Morgan fingerprint density at radius 1 is 1.15 bits per heavy atom. The van der Waals surface area contributed by atoms with Crippen LogP contribution in [0.15, 0.2) is 59.8 Å². The summed E-state index contributed by atoms with van der Waals surface area (Å²) in [5, 5.41) is 0. The average molecular weight is 358 g/mol. The van der Waals surface area contributed by atoms with Gasteiger partial charge in [0.2, 0.25) is 0 Å². The third-order valence-corrected chi connectivity index (χ3v) is 3.02. The van der Waals surface area contributed by atoms with Crippen LogP contribution in [0.2, 0.25) is 0 Å². The molecule has 0 unspecified atom stereocenters. The largest absolute Gasteiger partial charge is 0.297 e. The van der Waals surface area contributed by atoms with E-state index in [-0.39, 0.29) is 5.91 Å². The Labute approximate surface area is 133 Å². The molecule has 1 aromatic rings. The molecule has 0 bridgehead atoms. The molecule has 0 aromatic heterocycles. The summed E-state index contributed by atoms with van der Waals surface area (Å²) in [7, 11) is 0. The number of carbonyl (C=O) groups is 1. The summed E-state index contributed by atoms with van der Waals surface area (Å²) < 4.78 is 0.724. The fourth-order valence-electron chi connectivity index (χ4n) is 1.22. The molecule has 1 amide bonds. The Morgan fingerprint density at radius 3 is 2.15 bits per heavy atom. The molecule has 20 heavy (non-hydrogen) atoms. The van der Waals surface area contributed by atoms with Gasteiger partial charge in [0, 0.05) is 16.4 Å². The van der Waals surface area contributed by atoms with Crippen LogP contribution in [0, 0.1) is 6.92 Å². The number of alkyl halides is 1. The first-order chi connectivity index (χ1) is 9.58. The molecule has 1 aromatic carbocycles. The van der Waals surface area contributed by atoms with Crippen molar-refractivity contribution >= 4 is 33.4 Å². The first-order valence-corrected chi connectivity index (χ1v) is 7.29. The Morgan fingerprint density at radius 2 is 1.70 bits per heavy atom. The molecule has 0 saturated carbocycles. The van der Waals surface area contributed by atoms with Crippen molar-refractivity contribution in [1.29, 1.82) is 0 Å². The monoisotopic (exact) mass is 356 g/mol. The quantitative estimate of drug-likeness (QED) is 0.474. The summed E-state index contributed by atoms with van der Waals surface area (Å²) in [6, 6.07) is 7.32. The predicted octanol–water partition coefficient (Wildman–Crippen LogP) is 4.06. The van der Waals surface area contributed by atoms with E-state index in [2.05, 4.69) is 51.5 Å². The number of carbonyl (C=O) groups excluding carboxylic acids is 1. The molecule has 108 valence electrons. The zero-order valence-corrected chi connectivity index (χ0v) is 13.9. The molecule has 0 aliphatic heterocycles. The lowest BCUT2D eigenvalue weighted by molar-refractivity contribution is 0.0939. The normalized spacial score (nSPS) is 10.4. The minimum atomic E-state index is -0.210. The first kappa shape index (κ1) is 18.5. The zero-order valence-electron chi connectivity index (χ0n) is 11.5. The van der Waals surface area contributed by atoms with Gasteiger partial charge in [0.25, 0.3) is 5.91 Å². The number of allylic oxidation sites excluding steroid dienone is 3. The van der Waals surface area contributed by atoms with E-state index in [0.29, 0.717) is 11.3 Å². The molecular weight excluding hydrogens is 340 g/mol. The van der Waals surface area contributed by atoms with Crippen LogP contribution in [-0.4, -0.2) is 12.3 Å². The Hall–Kier alpha value is -1.52. The number of aryl methyl sites for hydroxylation is 1. The molecule has 0 radical (unpaired) electrons. The number of benzene rings is 1. The molecular formula is C15H18BrClN2O. The summed E-state index contributed by atoms with van der Waals surface area (Å²) in [6.07, 6.45) is 4.67. The fraction of sp³-hybridized carbons (Fsp3) is 0.133. The maximum Gasteiger partial charge on any atom is 0.269 e. The van der Waals surface area contributed by atoms with Crippen molar-refractivity contribution in [3.63, 3.8) is 0 Å². The molecule has 2 N–H and O–H groups in total. The minimum absolute atomic E-state index is 0.210. The number of hydrogen-bond donors (Lipinski definition) is 2. The van der Waals surface area contributed by atoms with Crippen molar-refractivity contribution < 1.29 is 4.79 Å². The van der Waals surface area contributed by atoms with Gasteiger partial charge in [-0.25, -0.2) is 0 Å². The van der Waals surface area contributed by atoms with Crippen molar-refractivity contribution in [1.82, 2.24) is 10.9 Å². The average Bonchev–Trinajstić information content (AvgIpc) is 2.50. The van der Waals surface area contributed by atoms with Crippen LogP contribution in [0.5, 0.6) is 0 Å². The lowest BCUT2D eigenvalue weighted by Gasteiger charge is -2.10. The van der Waals surface area contributed by atoms with E-state index < -0.39 is 0 Å². The van der Waals surface area contributed by atoms with Crippen LogP contribution in [-0.2, 0) is 0 Å². The smallest absolute Gasteiger partial charge is 0.269 e. The van der Waals surface area contributed by atoms with E-state index in [1.807, 2.05) is 19.1 Å². The second-order valence-electron chi connectivity index (χ2n) is 3.62. The maximum absolute atomic E-state index is 11.8. The SMILES string of the molecule is C=C/C(Br)=C(\C=C)NNC(=O)c1ccc(C)cc1.CCl.